The molecule has 1 aromatic heterocycles. The minimum absolute atomic E-state index is 0.0350. The number of ether oxygens (including phenoxy) is 1. The van der Waals surface area contributed by atoms with E-state index in [1.807, 2.05) is 12.3 Å². The van der Waals surface area contributed by atoms with Gasteiger partial charge in [0, 0.05) is 32.9 Å². The fraction of sp³-hybridized carbons (Fsp3) is 0.706. The van der Waals surface area contributed by atoms with E-state index >= 15 is 0 Å². The predicted molar refractivity (Wildman–Crippen MR) is 86.6 cm³/mol. The molecule has 0 bridgehead atoms. The van der Waals surface area contributed by atoms with Crippen LogP contribution in [0.2, 0.25) is 0 Å². The number of carbonyl (C=O) groups is 1. The zero-order valence-electron chi connectivity index (χ0n) is 13.8. The summed E-state index contributed by atoms with van der Waals surface area (Å²) < 4.78 is 5.46. The first-order valence-corrected chi connectivity index (χ1v) is 8.60. The topological polar surface area (TPSA) is 67.4 Å². The highest BCUT2D eigenvalue weighted by Crippen LogP contribution is 2.31. The van der Waals surface area contributed by atoms with Crippen molar-refractivity contribution in [2.24, 2.45) is 5.92 Å². The first-order valence-electron chi connectivity index (χ1n) is 8.60. The molecule has 0 aromatic carbocycles. The summed E-state index contributed by atoms with van der Waals surface area (Å²) in [5, 5.41) is 2.80. The van der Waals surface area contributed by atoms with E-state index in [2.05, 4.69) is 20.2 Å². The summed E-state index contributed by atoms with van der Waals surface area (Å²) in [6, 6.07) is 2.19. The molecule has 3 heterocycles. The summed E-state index contributed by atoms with van der Waals surface area (Å²) in [6.07, 6.45) is 6.45. The highest BCUT2D eigenvalue weighted by molar-refractivity contribution is 5.72. The van der Waals surface area contributed by atoms with Gasteiger partial charge in [0.1, 0.15) is 5.82 Å². The van der Waals surface area contributed by atoms with Gasteiger partial charge in [-0.15, -0.1) is 0 Å². The Bertz CT molecular complexity index is 531. The quantitative estimate of drug-likeness (QED) is 0.894. The highest BCUT2D eigenvalue weighted by Gasteiger charge is 2.30. The van der Waals surface area contributed by atoms with Crippen molar-refractivity contribution in [1.82, 2.24) is 20.2 Å². The van der Waals surface area contributed by atoms with Gasteiger partial charge in [-0.25, -0.2) is 9.97 Å². The number of nitrogens with one attached hydrogen (secondary N) is 1. The summed E-state index contributed by atoms with van der Waals surface area (Å²) >= 11 is 0. The van der Waals surface area contributed by atoms with Crippen LogP contribution in [-0.4, -0.2) is 47.1 Å². The summed E-state index contributed by atoms with van der Waals surface area (Å²) in [7, 11) is 0. The summed E-state index contributed by atoms with van der Waals surface area (Å²) in [6.45, 7) is 6.03. The van der Waals surface area contributed by atoms with Crippen LogP contribution in [0, 0.1) is 5.92 Å². The molecule has 0 spiro atoms. The van der Waals surface area contributed by atoms with E-state index < -0.39 is 0 Å². The Kier molecular flexibility index (Phi) is 5.56. The molecule has 1 amide bonds. The molecule has 0 aliphatic carbocycles. The van der Waals surface area contributed by atoms with Gasteiger partial charge in [-0.3, -0.25) is 9.69 Å². The van der Waals surface area contributed by atoms with Crippen LogP contribution in [0.1, 0.15) is 50.2 Å². The fourth-order valence-corrected chi connectivity index (χ4v) is 3.48. The third-order valence-corrected chi connectivity index (χ3v) is 4.75. The molecule has 2 aliphatic rings. The van der Waals surface area contributed by atoms with E-state index in [9.17, 15) is 4.79 Å². The monoisotopic (exact) mass is 318 g/mol. The molecule has 2 fully saturated rings. The minimum atomic E-state index is -0.0350. The van der Waals surface area contributed by atoms with Crippen molar-refractivity contribution in [1.29, 1.82) is 0 Å². The lowest BCUT2D eigenvalue weighted by Gasteiger charge is -2.30. The van der Waals surface area contributed by atoms with E-state index in [1.54, 1.807) is 0 Å². The third-order valence-electron chi connectivity index (χ3n) is 4.75. The summed E-state index contributed by atoms with van der Waals surface area (Å²) in [5.41, 5.74) is 0.878. The molecule has 2 saturated heterocycles. The summed E-state index contributed by atoms with van der Waals surface area (Å²) in [5.74, 6) is 1.59. The van der Waals surface area contributed by atoms with Crippen LogP contribution in [0.25, 0.3) is 0 Å². The predicted octanol–water partition coefficient (Wildman–Crippen LogP) is 1.68. The third kappa shape index (κ3) is 4.48. The number of carbonyl (C=O) groups excluding carboxylic acids is 1. The average molecular weight is 318 g/mol. The van der Waals surface area contributed by atoms with Crippen molar-refractivity contribution in [3.63, 3.8) is 0 Å². The number of nitrogens with zero attached hydrogens (tertiary/aromatic N) is 3. The molecule has 0 radical (unpaired) electrons. The Morgan fingerprint density at radius 2 is 2.22 bits per heavy atom. The van der Waals surface area contributed by atoms with Crippen LogP contribution in [0.4, 0.5) is 0 Å². The lowest BCUT2D eigenvalue weighted by molar-refractivity contribution is -0.119. The smallest absolute Gasteiger partial charge is 0.217 e. The van der Waals surface area contributed by atoms with Crippen LogP contribution in [0.3, 0.4) is 0 Å². The van der Waals surface area contributed by atoms with E-state index in [0.29, 0.717) is 12.6 Å². The highest BCUT2D eigenvalue weighted by atomic mass is 16.5. The Morgan fingerprint density at radius 3 is 3.00 bits per heavy atom. The Hall–Kier alpha value is -1.53. The van der Waals surface area contributed by atoms with Crippen LogP contribution < -0.4 is 5.32 Å². The van der Waals surface area contributed by atoms with Gasteiger partial charge in [0.05, 0.1) is 18.3 Å². The van der Waals surface area contributed by atoms with Crippen LogP contribution in [-0.2, 0) is 16.1 Å². The van der Waals surface area contributed by atoms with Crippen LogP contribution >= 0.6 is 0 Å². The van der Waals surface area contributed by atoms with Crippen molar-refractivity contribution in [2.45, 2.75) is 45.2 Å². The first-order chi connectivity index (χ1) is 11.2. The van der Waals surface area contributed by atoms with Crippen LogP contribution in [0.15, 0.2) is 12.3 Å². The Balaban J connectivity index is 1.64. The molecular weight excluding hydrogens is 292 g/mol. The number of amides is 1. The zero-order chi connectivity index (χ0) is 16.1. The van der Waals surface area contributed by atoms with E-state index in [-0.39, 0.29) is 5.91 Å². The molecule has 0 saturated carbocycles. The molecule has 2 aliphatic heterocycles. The number of aromatic nitrogens is 2. The van der Waals surface area contributed by atoms with Crippen LogP contribution in [0.5, 0.6) is 0 Å². The number of likely N-dealkylation sites (tertiary alicyclic amines) is 1. The normalized spacial score (nSPS) is 23.1. The average Bonchev–Trinajstić information content (AvgIpc) is 3.02. The lowest BCUT2D eigenvalue weighted by atomic mass is 9.99. The van der Waals surface area contributed by atoms with Crippen molar-refractivity contribution >= 4 is 5.91 Å². The zero-order valence-corrected chi connectivity index (χ0v) is 13.8. The van der Waals surface area contributed by atoms with Gasteiger partial charge in [-0.1, -0.05) is 0 Å². The van der Waals surface area contributed by atoms with E-state index in [4.69, 9.17) is 4.74 Å². The number of hydrogen-bond donors (Lipinski definition) is 1. The standard InChI is InChI=1S/C17H26N4O2/c1-13(22)19-11-15-4-7-18-17(20-15)16-3-2-8-21(16)12-14-5-9-23-10-6-14/h4,7,14,16H,2-3,5-6,8-12H2,1H3,(H,19,22)/t16-/m1/s1. The number of rotatable bonds is 5. The largest absolute Gasteiger partial charge is 0.381 e. The molecule has 1 aromatic rings. The molecule has 23 heavy (non-hydrogen) atoms. The second-order valence-corrected chi connectivity index (χ2v) is 6.52. The SMILES string of the molecule is CC(=O)NCc1ccnc([C@H]2CCCN2CC2CCOCC2)n1. The molecule has 6 nitrogen and oxygen atoms in total. The second-order valence-electron chi connectivity index (χ2n) is 6.52. The molecule has 1 atom stereocenters. The molecule has 0 unspecified atom stereocenters. The van der Waals surface area contributed by atoms with Gasteiger partial charge in [0.15, 0.2) is 0 Å². The van der Waals surface area contributed by atoms with Gasteiger partial charge in [-0.05, 0) is 44.2 Å². The van der Waals surface area contributed by atoms with Crippen molar-refractivity contribution in [2.75, 3.05) is 26.3 Å². The fourth-order valence-electron chi connectivity index (χ4n) is 3.48. The first kappa shape index (κ1) is 16.3. The maximum Gasteiger partial charge on any atom is 0.217 e. The van der Waals surface area contributed by atoms with Gasteiger partial charge < -0.3 is 10.1 Å². The van der Waals surface area contributed by atoms with E-state index in [1.165, 1.54) is 13.3 Å². The van der Waals surface area contributed by atoms with Crippen molar-refractivity contribution < 1.29 is 9.53 Å². The molecule has 126 valence electrons. The molecule has 3 rings (SSSR count). The minimum Gasteiger partial charge on any atom is -0.381 e. The van der Waals surface area contributed by atoms with Gasteiger partial charge in [0.25, 0.3) is 0 Å². The lowest BCUT2D eigenvalue weighted by Crippen LogP contribution is -2.33. The maximum atomic E-state index is 11.1. The van der Waals surface area contributed by atoms with Crippen molar-refractivity contribution in [3.8, 4) is 0 Å². The summed E-state index contributed by atoms with van der Waals surface area (Å²) in [4.78, 5) is 22.8. The molecule has 6 heteroatoms. The second kappa shape index (κ2) is 7.84. The Labute approximate surface area is 137 Å². The molecular formula is C17H26N4O2. The van der Waals surface area contributed by atoms with Gasteiger partial charge in [-0.2, -0.15) is 0 Å². The molecule has 1 N–H and O–H groups in total. The number of hydrogen-bond acceptors (Lipinski definition) is 5. The maximum absolute atomic E-state index is 11.1. The van der Waals surface area contributed by atoms with Crippen molar-refractivity contribution in [3.05, 3.63) is 23.8 Å². The Morgan fingerprint density at radius 1 is 1.39 bits per heavy atom. The van der Waals surface area contributed by atoms with Gasteiger partial charge in [0.2, 0.25) is 5.91 Å². The van der Waals surface area contributed by atoms with E-state index in [0.717, 1.165) is 63.0 Å². The van der Waals surface area contributed by atoms with Gasteiger partial charge >= 0.3 is 0 Å².